The summed E-state index contributed by atoms with van der Waals surface area (Å²) in [5, 5.41) is 20.2. The highest BCUT2D eigenvalue weighted by atomic mass is 16.7. The van der Waals surface area contributed by atoms with Gasteiger partial charge in [0, 0.05) is 10.8 Å². The highest BCUT2D eigenvalue weighted by molar-refractivity contribution is 5.93. The first-order chi connectivity index (χ1) is 11.4. The number of aliphatic hydroxyl groups excluding tert-OH is 2. The van der Waals surface area contributed by atoms with E-state index >= 15 is 0 Å². The van der Waals surface area contributed by atoms with Crippen LogP contribution in [-0.4, -0.2) is 35.4 Å². The first-order valence-electron chi connectivity index (χ1n) is 7.89. The quantitative estimate of drug-likeness (QED) is 0.722. The van der Waals surface area contributed by atoms with Crippen LogP contribution in [-0.2, 0) is 9.47 Å². The number of ether oxygens (including phenoxy) is 4. The predicted molar refractivity (Wildman–Crippen MR) is 89.7 cm³/mol. The van der Waals surface area contributed by atoms with E-state index in [1.807, 2.05) is 36.4 Å². The molecule has 2 N–H and O–H groups in total. The minimum absolute atomic E-state index is 0.599. The maximum atomic E-state index is 9.27. The fourth-order valence-corrected chi connectivity index (χ4v) is 2.43. The number of aliphatic hydroxyl groups is 2. The average molecular weight is 336 g/mol. The predicted octanol–water partition coefficient (Wildman–Crippen LogP) is 3.00. The Morgan fingerprint density at radius 1 is 0.667 bits per heavy atom. The highest BCUT2D eigenvalue weighted by Crippen LogP contribution is 2.33. The van der Waals surface area contributed by atoms with E-state index in [0.717, 1.165) is 10.8 Å². The molecule has 6 nitrogen and oxygen atoms in total. The van der Waals surface area contributed by atoms with Crippen molar-refractivity contribution in [3.63, 3.8) is 0 Å². The van der Waals surface area contributed by atoms with Crippen LogP contribution in [0.3, 0.4) is 0 Å². The van der Waals surface area contributed by atoms with Gasteiger partial charge in [0.2, 0.25) is 0 Å². The molecular formula is C18H24O6. The molecule has 2 aromatic rings. The van der Waals surface area contributed by atoms with E-state index in [1.54, 1.807) is 13.8 Å². The molecule has 2 rings (SSSR count). The Hall–Kier alpha value is -1.86. The van der Waals surface area contributed by atoms with Crippen molar-refractivity contribution in [2.24, 2.45) is 0 Å². The van der Waals surface area contributed by atoms with Crippen molar-refractivity contribution < 1.29 is 29.2 Å². The molecule has 0 fully saturated rings. The normalized spacial score (nSPS) is 16.4. The molecule has 0 saturated carbocycles. The van der Waals surface area contributed by atoms with E-state index in [1.165, 1.54) is 13.8 Å². The Labute approximate surface area is 141 Å². The molecule has 0 bridgehead atoms. The van der Waals surface area contributed by atoms with E-state index in [4.69, 9.17) is 18.9 Å². The van der Waals surface area contributed by atoms with Gasteiger partial charge >= 0.3 is 0 Å². The zero-order valence-corrected chi connectivity index (χ0v) is 14.3. The Morgan fingerprint density at radius 2 is 1.04 bits per heavy atom. The number of hydrogen-bond donors (Lipinski definition) is 2. The molecule has 4 atom stereocenters. The lowest BCUT2D eigenvalue weighted by molar-refractivity contribution is -0.180. The smallest absolute Gasteiger partial charge is 0.199 e. The zero-order chi connectivity index (χ0) is 17.7. The van der Waals surface area contributed by atoms with Gasteiger partial charge < -0.3 is 29.2 Å². The lowest BCUT2D eigenvalue weighted by Gasteiger charge is -2.20. The Bertz CT molecular complexity index is 598. The van der Waals surface area contributed by atoms with E-state index in [9.17, 15) is 10.2 Å². The van der Waals surface area contributed by atoms with Crippen LogP contribution in [0.15, 0.2) is 36.4 Å². The second-order valence-corrected chi connectivity index (χ2v) is 5.45. The summed E-state index contributed by atoms with van der Waals surface area (Å²) in [6.07, 6.45) is -3.02. The molecule has 24 heavy (non-hydrogen) atoms. The second-order valence-electron chi connectivity index (χ2n) is 5.45. The summed E-state index contributed by atoms with van der Waals surface area (Å²) < 4.78 is 21.9. The Morgan fingerprint density at radius 3 is 1.38 bits per heavy atom. The van der Waals surface area contributed by atoms with Gasteiger partial charge in [-0.25, -0.2) is 0 Å². The van der Waals surface area contributed by atoms with Crippen LogP contribution in [0.25, 0.3) is 10.8 Å². The first kappa shape index (κ1) is 18.5. The third-order valence-corrected chi connectivity index (χ3v) is 3.21. The molecule has 0 aromatic heterocycles. The minimum Gasteiger partial charge on any atom is -0.465 e. The maximum absolute atomic E-state index is 9.27. The fourth-order valence-electron chi connectivity index (χ4n) is 2.43. The van der Waals surface area contributed by atoms with Crippen LogP contribution >= 0.6 is 0 Å². The monoisotopic (exact) mass is 336 g/mol. The van der Waals surface area contributed by atoms with Crippen LogP contribution in [0, 0.1) is 0 Å². The number of hydrogen-bond acceptors (Lipinski definition) is 6. The van der Waals surface area contributed by atoms with E-state index in [-0.39, 0.29) is 0 Å². The summed E-state index contributed by atoms with van der Waals surface area (Å²) in [6.45, 7) is 6.48. The molecule has 0 aliphatic carbocycles. The zero-order valence-electron chi connectivity index (χ0n) is 14.3. The molecule has 0 amide bonds. The van der Waals surface area contributed by atoms with Crippen molar-refractivity contribution in [3.8, 4) is 11.5 Å². The molecule has 0 aliphatic heterocycles. The number of rotatable bonds is 8. The van der Waals surface area contributed by atoms with Crippen LogP contribution < -0.4 is 9.47 Å². The number of fused-ring (bicyclic) bond motifs is 1. The lowest BCUT2D eigenvalue weighted by Crippen LogP contribution is -2.22. The molecule has 0 spiro atoms. The van der Waals surface area contributed by atoms with Crippen molar-refractivity contribution >= 4 is 10.8 Å². The van der Waals surface area contributed by atoms with Crippen LogP contribution in [0.2, 0.25) is 0 Å². The summed E-state index contributed by atoms with van der Waals surface area (Å²) in [4.78, 5) is 0. The Balaban J connectivity index is 2.25. The lowest BCUT2D eigenvalue weighted by atomic mass is 10.1. The first-order valence-corrected chi connectivity index (χ1v) is 7.89. The van der Waals surface area contributed by atoms with Gasteiger partial charge in [0.25, 0.3) is 0 Å². The summed E-state index contributed by atoms with van der Waals surface area (Å²) >= 11 is 0. The molecular weight excluding hydrogens is 312 g/mol. The molecule has 0 saturated heterocycles. The molecule has 132 valence electrons. The van der Waals surface area contributed by atoms with Crippen molar-refractivity contribution in [2.45, 2.75) is 52.9 Å². The highest BCUT2D eigenvalue weighted by Gasteiger charge is 2.14. The molecule has 0 aliphatic rings. The standard InChI is InChI=1S/C18H24O6/c1-11(19)21-13(3)23-17-9-5-8-16-15(17)7-6-10-18(16)24-14(4)22-12(2)20/h5-14,19-20H,1-4H3. The van der Waals surface area contributed by atoms with Crippen molar-refractivity contribution in [3.05, 3.63) is 36.4 Å². The summed E-state index contributed by atoms with van der Waals surface area (Å²) in [7, 11) is 0. The topological polar surface area (TPSA) is 77.4 Å². The van der Waals surface area contributed by atoms with Gasteiger partial charge in [0.15, 0.2) is 25.2 Å². The molecule has 4 unspecified atom stereocenters. The van der Waals surface area contributed by atoms with Gasteiger partial charge in [-0.3, -0.25) is 0 Å². The fraction of sp³-hybridized carbons (Fsp3) is 0.444. The maximum Gasteiger partial charge on any atom is 0.199 e. The van der Waals surface area contributed by atoms with Crippen molar-refractivity contribution in [1.82, 2.24) is 0 Å². The van der Waals surface area contributed by atoms with Crippen LogP contribution in [0.4, 0.5) is 0 Å². The van der Waals surface area contributed by atoms with Gasteiger partial charge in [-0.1, -0.05) is 24.3 Å². The summed E-state index contributed by atoms with van der Waals surface area (Å²) in [5.74, 6) is 1.24. The molecule has 0 heterocycles. The van der Waals surface area contributed by atoms with Gasteiger partial charge in [-0.05, 0) is 39.8 Å². The molecule has 6 heteroatoms. The number of benzene rings is 2. The largest absolute Gasteiger partial charge is 0.465 e. The van der Waals surface area contributed by atoms with E-state index in [2.05, 4.69) is 0 Å². The van der Waals surface area contributed by atoms with Crippen molar-refractivity contribution in [2.75, 3.05) is 0 Å². The van der Waals surface area contributed by atoms with Gasteiger partial charge in [-0.15, -0.1) is 0 Å². The molecule has 2 aromatic carbocycles. The average Bonchev–Trinajstić information content (AvgIpc) is 2.46. The van der Waals surface area contributed by atoms with Gasteiger partial charge in [0.1, 0.15) is 11.5 Å². The Kier molecular flexibility index (Phi) is 6.39. The minimum atomic E-state index is -0.910. The summed E-state index contributed by atoms with van der Waals surface area (Å²) in [6, 6.07) is 11.2. The van der Waals surface area contributed by atoms with E-state index in [0.29, 0.717) is 11.5 Å². The summed E-state index contributed by atoms with van der Waals surface area (Å²) in [5.41, 5.74) is 0. The van der Waals surface area contributed by atoms with Crippen molar-refractivity contribution in [1.29, 1.82) is 0 Å². The van der Waals surface area contributed by atoms with E-state index < -0.39 is 25.2 Å². The third-order valence-electron chi connectivity index (χ3n) is 3.21. The van der Waals surface area contributed by atoms with Gasteiger partial charge in [-0.2, -0.15) is 0 Å². The SMILES string of the molecule is CC(O)OC(C)Oc1cccc2c(OC(C)OC(C)O)cccc12. The third kappa shape index (κ3) is 5.07. The van der Waals surface area contributed by atoms with Gasteiger partial charge in [0.05, 0.1) is 0 Å². The molecule has 0 radical (unpaired) electrons. The van der Waals surface area contributed by atoms with Crippen LogP contribution in [0.1, 0.15) is 27.7 Å². The second kappa shape index (κ2) is 8.30. The van der Waals surface area contributed by atoms with Crippen LogP contribution in [0.5, 0.6) is 11.5 Å².